The number of carbonyl (C=O) groups excluding carboxylic acids is 1. The van der Waals surface area contributed by atoms with Crippen molar-refractivity contribution in [1.82, 2.24) is 0 Å². The quantitative estimate of drug-likeness (QED) is 0.698. The smallest absolute Gasteiger partial charge is 0.340 e. The van der Waals surface area contributed by atoms with E-state index < -0.39 is 41.3 Å². The van der Waals surface area contributed by atoms with Gasteiger partial charge in [0.15, 0.2) is 5.79 Å². The average Bonchev–Trinajstić information content (AvgIpc) is 2.60. The maximum absolute atomic E-state index is 11.6. The van der Waals surface area contributed by atoms with Crippen molar-refractivity contribution in [3.8, 4) is 0 Å². The second-order valence-electron chi connectivity index (χ2n) is 4.91. The van der Waals surface area contributed by atoms with Crippen LogP contribution in [0.25, 0.3) is 0 Å². The van der Waals surface area contributed by atoms with Gasteiger partial charge in [0.2, 0.25) is 11.2 Å². The maximum atomic E-state index is 11.6. The molecule has 0 aliphatic carbocycles. The predicted octanol–water partition coefficient (Wildman–Crippen LogP) is 0.389. The van der Waals surface area contributed by atoms with Crippen LogP contribution in [0.1, 0.15) is 33.6 Å². The molecule has 1 heterocycles. The minimum Gasteiger partial charge on any atom is -0.479 e. The number of carboxylic acid groups (broad SMARTS) is 2. The van der Waals surface area contributed by atoms with E-state index in [4.69, 9.17) is 9.47 Å². The minimum absolute atomic E-state index is 0.214. The molecule has 1 fully saturated rings. The van der Waals surface area contributed by atoms with Crippen LogP contribution in [0.3, 0.4) is 0 Å². The topological polar surface area (TPSA) is 119 Å². The molecule has 1 aliphatic rings. The summed E-state index contributed by atoms with van der Waals surface area (Å²) in [5.74, 6) is -5.44. The highest BCUT2D eigenvalue weighted by molar-refractivity contribution is 5.94. The number of carbonyl (C=O) groups is 3. The molecule has 3 atom stereocenters. The zero-order valence-electron chi connectivity index (χ0n) is 11.8. The van der Waals surface area contributed by atoms with Crippen LogP contribution in [0.5, 0.6) is 0 Å². The Morgan fingerprint density at radius 2 is 1.65 bits per heavy atom. The van der Waals surface area contributed by atoms with Crippen LogP contribution in [-0.4, -0.2) is 52.2 Å². The Bertz CT molecular complexity index is 447. The largest absolute Gasteiger partial charge is 0.479 e. The van der Waals surface area contributed by atoms with Gasteiger partial charge in [-0.05, 0) is 20.3 Å². The summed E-state index contributed by atoms with van der Waals surface area (Å²) >= 11 is 0. The monoisotopic (exact) mass is 290 g/mol. The van der Waals surface area contributed by atoms with Crippen LogP contribution in [0, 0.1) is 0 Å². The second kappa shape index (κ2) is 5.02. The summed E-state index contributed by atoms with van der Waals surface area (Å²) in [7, 11) is 1.07. The van der Waals surface area contributed by atoms with Gasteiger partial charge < -0.3 is 24.4 Å². The summed E-state index contributed by atoms with van der Waals surface area (Å²) in [6.45, 7) is 4.15. The van der Waals surface area contributed by atoms with E-state index in [0.717, 1.165) is 14.0 Å². The number of ether oxygens (including phenoxy) is 3. The van der Waals surface area contributed by atoms with E-state index in [9.17, 15) is 24.6 Å². The summed E-state index contributed by atoms with van der Waals surface area (Å²) in [5, 5.41) is 18.8. The lowest BCUT2D eigenvalue weighted by atomic mass is 9.81. The molecule has 0 amide bonds. The van der Waals surface area contributed by atoms with Gasteiger partial charge in [-0.1, -0.05) is 6.92 Å². The molecule has 8 nitrogen and oxygen atoms in total. The molecule has 0 saturated carbocycles. The molecule has 1 aliphatic heterocycles. The molecule has 0 aromatic carbocycles. The SMILES string of the molecule is CCC1(C)O[C@@](CC(=O)OC)(C(=O)O)[C@@](C)(C(=O)O)O1. The average molecular weight is 290 g/mol. The van der Waals surface area contributed by atoms with Crippen molar-refractivity contribution in [1.29, 1.82) is 0 Å². The Morgan fingerprint density at radius 1 is 1.10 bits per heavy atom. The predicted molar refractivity (Wildman–Crippen MR) is 63.9 cm³/mol. The molecule has 0 spiro atoms. The van der Waals surface area contributed by atoms with Crippen LogP contribution in [0.15, 0.2) is 0 Å². The summed E-state index contributed by atoms with van der Waals surface area (Å²) in [6, 6.07) is 0. The lowest BCUT2D eigenvalue weighted by molar-refractivity contribution is -0.198. The molecule has 114 valence electrons. The van der Waals surface area contributed by atoms with Crippen molar-refractivity contribution >= 4 is 17.9 Å². The highest BCUT2D eigenvalue weighted by Gasteiger charge is 2.71. The highest BCUT2D eigenvalue weighted by atomic mass is 16.8. The molecule has 1 saturated heterocycles. The normalized spacial score (nSPS) is 36.6. The van der Waals surface area contributed by atoms with Gasteiger partial charge >= 0.3 is 17.9 Å². The molecule has 1 rings (SSSR count). The van der Waals surface area contributed by atoms with Gasteiger partial charge in [0, 0.05) is 0 Å². The van der Waals surface area contributed by atoms with E-state index in [1.165, 1.54) is 6.92 Å². The molecule has 0 radical (unpaired) electrons. The molecule has 2 N–H and O–H groups in total. The van der Waals surface area contributed by atoms with Crippen LogP contribution in [0.4, 0.5) is 0 Å². The zero-order valence-corrected chi connectivity index (χ0v) is 11.8. The van der Waals surface area contributed by atoms with E-state index in [0.29, 0.717) is 0 Å². The fourth-order valence-corrected chi connectivity index (χ4v) is 2.17. The molecule has 0 aromatic rings. The lowest BCUT2D eigenvalue weighted by Gasteiger charge is -2.32. The number of carboxylic acids is 2. The van der Waals surface area contributed by atoms with Crippen LogP contribution in [0.2, 0.25) is 0 Å². The molecular formula is C12H18O8. The number of esters is 1. The first kappa shape index (κ1) is 16.4. The van der Waals surface area contributed by atoms with Crippen molar-refractivity contribution in [2.45, 2.75) is 50.6 Å². The first-order chi connectivity index (χ1) is 9.07. The minimum atomic E-state index is -2.35. The third kappa shape index (κ3) is 2.25. The van der Waals surface area contributed by atoms with Crippen LogP contribution >= 0.6 is 0 Å². The van der Waals surface area contributed by atoms with E-state index in [1.807, 2.05) is 0 Å². The van der Waals surface area contributed by atoms with Crippen molar-refractivity contribution in [2.24, 2.45) is 0 Å². The number of hydrogen-bond acceptors (Lipinski definition) is 6. The molecule has 8 heteroatoms. The molecular weight excluding hydrogens is 272 g/mol. The summed E-state index contributed by atoms with van der Waals surface area (Å²) in [5.41, 5.74) is -4.56. The van der Waals surface area contributed by atoms with E-state index in [2.05, 4.69) is 4.74 Å². The van der Waals surface area contributed by atoms with E-state index in [-0.39, 0.29) is 6.42 Å². The Balaban J connectivity index is 3.41. The fraction of sp³-hybridized carbons (Fsp3) is 0.750. The summed E-state index contributed by atoms with van der Waals surface area (Å²) in [4.78, 5) is 34.6. The van der Waals surface area contributed by atoms with Gasteiger partial charge in [-0.3, -0.25) is 4.79 Å². The molecule has 0 bridgehead atoms. The van der Waals surface area contributed by atoms with Gasteiger partial charge in [0.1, 0.15) is 0 Å². The van der Waals surface area contributed by atoms with Crippen molar-refractivity contribution in [3.63, 3.8) is 0 Å². The second-order valence-corrected chi connectivity index (χ2v) is 4.91. The summed E-state index contributed by atoms with van der Waals surface area (Å²) in [6.07, 6.45) is -0.552. The third-order valence-electron chi connectivity index (χ3n) is 3.60. The van der Waals surface area contributed by atoms with Crippen LogP contribution in [-0.2, 0) is 28.6 Å². The Morgan fingerprint density at radius 3 is 2.00 bits per heavy atom. The highest BCUT2D eigenvalue weighted by Crippen LogP contribution is 2.48. The van der Waals surface area contributed by atoms with Gasteiger partial charge in [0.25, 0.3) is 0 Å². The number of methoxy groups -OCH3 is 1. The zero-order chi connectivity index (χ0) is 15.8. The third-order valence-corrected chi connectivity index (χ3v) is 3.60. The van der Waals surface area contributed by atoms with E-state index in [1.54, 1.807) is 6.92 Å². The van der Waals surface area contributed by atoms with Crippen LogP contribution < -0.4 is 0 Å². The van der Waals surface area contributed by atoms with E-state index >= 15 is 0 Å². The lowest BCUT2D eigenvalue weighted by Crippen LogP contribution is -2.60. The Hall–Kier alpha value is -1.67. The first-order valence-electron chi connectivity index (χ1n) is 6.01. The van der Waals surface area contributed by atoms with Gasteiger partial charge in [-0.2, -0.15) is 0 Å². The number of hydrogen-bond donors (Lipinski definition) is 2. The van der Waals surface area contributed by atoms with Crippen molar-refractivity contribution in [2.75, 3.05) is 7.11 Å². The Labute approximate surface area is 115 Å². The fourth-order valence-electron chi connectivity index (χ4n) is 2.17. The standard InChI is InChI=1S/C12H18O8/c1-5-10(2)19-11(3,8(14)15)12(20-10,9(16)17)6-7(13)18-4/h5-6H2,1-4H3,(H,14,15)(H,16,17)/t10?,11-,12+/m1/s1. The van der Waals surface area contributed by atoms with Gasteiger partial charge in [-0.25, -0.2) is 9.59 Å². The van der Waals surface area contributed by atoms with Gasteiger partial charge in [-0.15, -0.1) is 0 Å². The van der Waals surface area contributed by atoms with Crippen molar-refractivity contribution in [3.05, 3.63) is 0 Å². The maximum Gasteiger partial charge on any atom is 0.340 e. The molecule has 20 heavy (non-hydrogen) atoms. The molecule has 1 unspecified atom stereocenters. The molecule has 0 aromatic heterocycles. The van der Waals surface area contributed by atoms with Crippen molar-refractivity contribution < 1.29 is 38.8 Å². The van der Waals surface area contributed by atoms with Gasteiger partial charge in [0.05, 0.1) is 13.5 Å². The number of rotatable bonds is 5. The summed E-state index contributed by atoms with van der Waals surface area (Å²) < 4.78 is 15.2. The first-order valence-corrected chi connectivity index (χ1v) is 6.01. The number of aliphatic carboxylic acids is 2. The Kier molecular flexibility index (Phi) is 4.12.